The molecule has 0 saturated carbocycles. The normalized spacial score (nSPS) is 14.0. The van der Waals surface area contributed by atoms with Crippen molar-refractivity contribution in [2.24, 2.45) is 0 Å². The zero-order valence-electron chi connectivity index (χ0n) is 77.9. The second kappa shape index (κ2) is 51.3. The molecule has 0 N–H and O–H groups in total. The summed E-state index contributed by atoms with van der Waals surface area (Å²) in [4.78, 5) is 10.0. The summed E-state index contributed by atoms with van der Waals surface area (Å²) < 4.78 is 35.3. The molecule has 2 aliphatic carbocycles. The van der Waals surface area contributed by atoms with E-state index in [9.17, 15) is 0 Å². The van der Waals surface area contributed by atoms with Crippen LogP contribution in [-0.4, -0.2) is 71.0 Å². The van der Waals surface area contributed by atoms with E-state index >= 15 is 0 Å². The van der Waals surface area contributed by atoms with Crippen LogP contribution in [0.2, 0.25) is 0 Å². The molecule has 0 amide bonds. The fraction of sp³-hybridized carbons (Fsp3) is 0.447. The Balaban J connectivity index is 0.000000231. The molecule has 12 rings (SSSR count). The fourth-order valence-electron chi connectivity index (χ4n) is 14.6. The molecule has 121 heavy (non-hydrogen) atoms. The predicted molar refractivity (Wildman–Crippen MR) is 527 cm³/mol. The predicted octanol–water partition coefficient (Wildman–Crippen LogP) is 31.6. The molecular formula is C103H144Cl4N4O6P2Ru2-2. The number of anilines is 4. The second-order valence-corrected chi connectivity index (χ2v) is 48.7. The quantitative estimate of drug-likeness (QED) is 0.0297. The molecule has 0 radical (unpaired) electrons. The van der Waals surface area contributed by atoms with Crippen LogP contribution in [0, 0.1) is 20.8 Å². The molecule has 8 aromatic carbocycles. The molecule has 2 heterocycles. The number of halogens is 4. The van der Waals surface area contributed by atoms with E-state index in [2.05, 4.69) is 289 Å². The number of hydrogen-bond donors (Lipinski definition) is 0. The van der Waals surface area contributed by atoms with Gasteiger partial charge in [0.05, 0.1) is 18.3 Å². The van der Waals surface area contributed by atoms with Gasteiger partial charge < -0.3 is 40.6 Å². The van der Waals surface area contributed by atoms with Crippen molar-refractivity contribution in [2.75, 3.05) is 45.8 Å². The van der Waals surface area contributed by atoms with Gasteiger partial charge in [-0.05, 0) is 175 Å². The Morgan fingerprint density at radius 2 is 0.488 bits per heavy atom. The summed E-state index contributed by atoms with van der Waals surface area (Å²) in [6, 6.07) is 64.7. The number of fused-ring (bicyclic) bond motifs is 2. The van der Waals surface area contributed by atoms with Gasteiger partial charge in [-0.15, -0.1) is 0 Å². The topological polar surface area (TPSA) is 68.3 Å². The summed E-state index contributed by atoms with van der Waals surface area (Å²) in [7, 11) is 22.0. The van der Waals surface area contributed by atoms with Crippen LogP contribution in [-0.2, 0) is 54.2 Å². The Morgan fingerprint density at radius 1 is 0.281 bits per heavy atom. The van der Waals surface area contributed by atoms with Gasteiger partial charge in [0.1, 0.15) is 18.3 Å². The van der Waals surface area contributed by atoms with Crippen LogP contribution in [0.25, 0.3) is 11.1 Å². The molecule has 18 heteroatoms. The Bertz CT molecular complexity index is 4050. The molecule has 10 nitrogen and oxygen atoms in total. The first-order valence-electron chi connectivity index (χ1n) is 43.2. The third kappa shape index (κ3) is 30.7. The third-order valence-electron chi connectivity index (χ3n) is 20.1. The van der Waals surface area contributed by atoms with E-state index < -0.39 is 44.2 Å². The van der Waals surface area contributed by atoms with Crippen molar-refractivity contribution in [1.82, 2.24) is 0 Å². The van der Waals surface area contributed by atoms with Gasteiger partial charge in [-0.1, -0.05) is 184 Å². The Kier molecular flexibility index (Phi) is 44.5. The summed E-state index contributed by atoms with van der Waals surface area (Å²) in [5.41, 5.74) is 27.1. The van der Waals surface area contributed by atoms with E-state index in [0.29, 0.717) is 47.3 Å². The van der Waals surface area contributed by atoms with Crippen molar-refractivity contribution in [3.8, 4) is 0 Å². The second-order valence-electron chi connectivity index (χ2n) is 34.8. The van der Waals surface area contributed by atoms with Crippen LogP contribution in [0.1, 0.15) is 319 Å². The van der Waals surface area contributed by atoms with Gasteiger partial charge in [-0.3, -0.25) is 0 Å². The van der Waals surface area contributed by atoms with Gasteiger partial charge in [0.2, 0.25) is 0 Å². The summed E-state index contributed by atoms with van der Waals surface area (Å²) in [6.07, 6.45) is 5.21. The molecule has 0 unspecified atom stereocenters. The maximum atomic E-state index is 6.19. The summed E-state index contributed by atoms with van der Waals surface area (Å²) in [5, 5.41) is 0. The average molecular weight is 1940 g/mol. The van der Waals surface area contributed by atoms with E-state index in [1.165, 1.54) is 112 Å². The molecule has 4 aliphatic rings. The molecular weight excluding hydrogens is 1800 g/mol. The minimum absolute atomic E-state index is 0. The van der Waals surface area contributed by atoms with Crippen molar-refractivity contribution < 1.29 is 54.2 Å². The van der Waals surface area contributed by atoms with Gasteiger partial charge in [-0.2, -0.15) is 26.9 Å². The van der Waals surface area contributed by atoms with Crippen LogP contribution in [0.5, 0.6) is 0 Å². The monoisotopic (exact) mass is 1940 g/mol. The van der Waals surface area contributed by atoms with Crippen LogP contribution < -0.4 is 19.6 Å². The standard InChI is InChI=1S/2C27H39N2.2C15H10.C9H22O3P.C9H21O3P.CH3.4ClH.2Ru/c2*1-18(2)22-11-9-12-23(19(3)4)26(22)28-15-16-29(17-28)27-24(20(5)6)13-10-14-25(27)21(7)8;2*1-2-6-12(7-3-1)15-11-10-13-8-4-5-9-14(13)15;2*1-7(2)10-13(11-8(3)4)12-9(5)6;;;;;;;/h2*9-14,17-21H,15-16H2,1-8H3;2*1-9,11H;7-9,13H,1-6H3;7-9H,1-6H3;1H3;4*1H;;/q2*-1;;;+1;;-1;;;;;2*+2/p-4. The molecule has 2 aliphatic heterocycles. The van der Waals surface area contributed by atoms with E-state index in [4.69, 9.17) is 65.9 Å². The van der Waals surface area contributed by atoms with E-state index in [0.717, 1.165) is 34.4 Å². The van der Waals surface area contributed by atoms with Gasteiger partial charge in [0, 0.05) is 48.9 Å². The number of hydrogen-bond acceptors (Lipinski definition) is 10. The van der Waals surface area contributed by atoms with Gasteiger partial charge >= 0.3 is 257 Å². The number of para-hydroxylation sites is 4. The number of rotatable bonds is 26. The minimum atomic E-state index is -1.88. The van der Waals surface area contributed by atoms with Crippen LogP contribution in [0.4, 0.5) is 22.7 Å². The van der Waals surface area contributed by atoms with Crippen molar-refractivity contribution in [1.29, 1.82) is 0 Å². The maximum absolute atomic E-state index is 6.19. The van der Waals surface area contributed by atoms with Crippen LogP contribution >= 0.6 is 56.0 Å². The SMILES string of the molecule is CC(C)OP(OC(C)C)OC(C)C.CC(C)O[PH+](OC(C)C)OC(C)C.CC(C)c1cccc(C(C)C)c1N1[CH-]N(c2c(C(C)C)cccc2C(C)C)CC1.CC(C)c1cccc(C(C)C)c1N1[CH-]N(c2c(C(C)C)cccc2C(C)C)CC1.[CH3-].[Cl][Ru]([Cl])=[C]1C=C(c2ccccc2)c2ccccc21.[Cl][Ru]([Cl])=[C]1C=C(c2ccccc2)c2ccccc21. The first-order chi connectivity index (χ1) is 56.8. The number of nitrogens with zero attached hydrogens (tertiary/aromatic N) is 4. The molecule has 2 saturated heterocycles. The van der Waals surface area contributed by atoms with Crippen molar-refractivity contribution in [3.05, 3.63) is 293 Å². The van der Waals surface area contributed by atoms with Gasteiger partial charge in [0.25, 0.3) is 0 Å². The summed E-state index contributed by atoms with van der Waals surface area (Å²) in [5.74, 6) is 4.11. The van der Waals surface area contributed by atoms with Crippen molar-refractivity contribution >= 4 is 98.1 Å². The van der Waals surface area contributed by atoms with Crippen LogP contribution in [0.15, 0.2) is 194 Å². The van der Waals surface area contributed by atoms with Crippen LogP contribution in [0.3, 0.4) is 0 Å². The zero-order chi connectivity index (χ0) is 88.5. The van der Waals surface area contributed by atoms with E-state index in [-0.39, 0.29) is 44.1 Å². The number of allylic oxidation sites excluding steroid dienone is 2. The molecule has 0 atom stereocenters. The van der Waals surface area contributed by atoms with E-state index in [1.807, 2.05) is 132 Å². The molecule has 0 spiro atoms. The van der Waals surface area contributed by atoms with Crippen molar-refractivity contribution in [3.63, 3.8) is 0 Å². The van der Waals surface area contributed by atoms with Gasteiger partial charge in [0.15, 0.2) is 0 Å². The fourth-order valence-corrected chi connectivity index (χ4v) is 22.1. The molecule has 668 valence electrons. The molecule has 0 aromatic heterocycles. The average Bonchev–Trinajstić information content (AvgIpc) is 1.64. The summed E-state index contributed by atoms with van der Waals surface area (Å²) in [6.45, 7) is 69.6. The first-order valence-corrected chi connectivity index (χ1v) is 56.2. The molecule has 0 bridgehead atoms. The zero-order valence-corrected chi connectivity index (χ0v) is 86.3. The Hall–Kier alpha value is -4.79. The first kappa shape index (κ1) is 105. The Morgan fingerprint density at radius 3 is 0.678 bits per heavy atom. The Labute approximate surface area is 762 Å². The molecule has 2 fully saturated rings. The molecule has 8 aromatic rings. The third-order valence-corrected chi connectivity index (χ3v) is 30.1. The summed E-state index contributed by atoms with van der Waals surface area (Å²) >= 11 is -3.76. The van der Waals surface area contributed by atoms with Crippen molar-refractivity contribution in [2.45, 2.75) is 278 Å². The van der Waals surface area contributed by atoms with E-state index in [1.54, 1.807) is 0 Å². The number of benzene rings is 8. The van der Waals surface area contributed by atoms with Gasteiger partial charge in [-0.25, -0.2) is 0 Å².